The number of rotatable bonds is 3. The molecule has 0 amide bonds. The van der Waals surface area contributed by atoms with Crippen LogP contribution in [0.25, 0.3) is 0 Å². The van der Waals surface area contributed by atoms with E-state index in [0.29, 0.717) is 30.7 Å². The van der Waals surface area contributed by atoms with E-state index in [2.05, 4.69) is 0 Å². The molecule has 8 nitrogen and oxygen atoms in total. The topological polar surface area (TPSA) is 91.4 Å². The smallest absolute Gasteiger partial charge is 0.336 e. The van der Waals surface area contributed by atoms with Crippen molar-refractivity contribution >= 4 is 17.7 Å². The van der Waals surface area contributed by atoms with Crippen molar-refractivity contribution < 1.29 is 33.3 Å². The number of ketones is 1. The van der Waals surface area contributed by atoms with Gasteiger partial charge in [-0.2, -0.15) is 0 Å². The molecule has 5 aliphatic rings. The number of methoxy groups -OCH3 is 1. The molecule has 0 aromatic rings. The number of hydrogen-bond acceptors (Lipinski definition) is 8. The molecule has 7 atom stereocenters. The molecule has 5 rings (SSSR count). The highest BCUT2D eigenvalue weighted by atomic mass is 16.7. The van der Waals surface area contributed by atoms with Gasteiger partial charge in [-0.3, -0.25) is 9.59 Å². The van der Waals surface area contributed by atoms with Gasteiger partial charge in [-0.15, -0.1) is 0 Å². The van der Waals surface area contributed by atoms with Crippen LogP contribution in [0, 0.1) is 17.8 Å². The van der Waals surface area contributed by atoms with Gasteiger partial charge in [0, 0.05) is 37.6 Å². The molecule has 5 aliphatic heterocycles. The number of fused-ring (bicyclic) bond motifs is 3. The quantitative estimate of drug-likeness (QED) is 0.628. The molecular formula is C23H29NO7. The fourth-order valence-electron chi connectivity index (χ4n) is 6.31. The first kappa shape index (κ1) is 20.7. The van der Waals surface area contributed by atoms with Crippen molar-refractivity contribution in [2.24, 2.45) is 17.8 Å². The molecule has 31 heavy (non-hydrogen) atoms. The second-order valence-corrected chi connectivity index (χ2v) is 9.33. The Bertz CT molecular complexity index is 910. The van der Waals surface area contributed by atoms with Crippen molar-refractivity contribution in [3.63, 3.8) is 0 Å². The van der Waals surface area contributed by atoms with Crippen LogP contribution < -0.4 is 0 Å². The van der Waals surface area contributed by atoms with Gasteiger partial charge in [-0.1, -0.05) is 13.8 Å². The summed E-state index contributed by atoms with van der Waals surface area (Å²) in [4.78, 5) is 39.9. The summed E-state index contributed by atoms with van der Waals surface area (Å²) in [5.74, 6) is -2.75. The molecule has 0 N–H and O–H groups in total. The number of cyclic esters (lactones) is 1. The zero-order chi connectivity index (χ0) is 22.1. The van der Waals surface area contributed by atoms with Gasteiger partial charge in [0.05, 0.1) is 23.6 Å². The van der Waals surface area contributed by atoms with E-state index in [4.69, 9.17) is 18.9 Å². The highest BCUT2D eigenvalue weighted by Crippen LogP contribution is 2.57. The van der Waals surface area contributed by atoms with E-state index >= 15 is 0 Å². The van der Waals surface area contributed by atoms with Crippen LogP contribution >= 0.6 is 0 Å². The Kier molecular flexibility index (Phi) is 4.61. The van der Waals surface area contributed by atoms with E-state index in [1.165, 1.54) is 0 Å². The first-order valence-corrected chi connectivity index (χ1v) is 11.2. The second-order valence-electron chi connectivity index (χ2n) is 9.33. The fraction of sp³-hybridized carbons (Fsp3) is 0.696. The highest BCUT2D eigenvalue weighted by molar-refractivity contribution is 6.01. The molecule has 0 bridgehead atoms. The number of carbonyl (C=O) groups is 3. The molecule has 3 saturated heterocycles. The van der Waals surface area contributed by atoms with Crippen LogP contribution in [0.2, 0.25) is 0 Å². The first-order valence-electron chi connectivity index (χ1n) is 11.2. The zero-order valence-electron chi connectivity index (χ0n) is 18.4. The number of nitrogens with zero attached hydrogens (tertiary/aromatic N) is 1. The Morgan fingerprint density at radius 2 is 2.06 bits per heavy atom. The monoisotopic (exact) mass is 431 g/mol. The highest BCUT2D eigenvalue weighted by Gasteiger charge is 2.69. The standard InChI is InChI=1S/C23H29NO7/c1-5-14-19-16(30-22(14)11-13(3)21(27)31-22)7-6-8-24-15(10-18(25)23(19,24)28-4)17-9-12(2)20(26)29-17/h10-12,14,16-17,19H,5-9H2,1-4H3/t12-,14-,16+,17-,19-,22-,23+/m0/s1. The number of hydrogen-bond donors (Lipinski definition) is 0. The van der Waals surface area contributed by atoms with Gasteiger partial charge < -0.3 is 23.8 Å². The van der Waals surface area contributed by atoms with Crippen molar-refractivity contribution in [2.45, 2.75) is 70.2 Å². The summed E-state index contributed by atoms with van der Waals surface area (Å²) < 4.78 is 23.9. The van der Waals surface area contributed by atoms with Gasteiger partial charge in [-0.25, -0.2) is 4.79 Å². The lowest BCUT2D eigenvalue weighted by Gasteiger charge is -2.45. The maximum atomic E-state index is 13.6. The van der Waals surface area contributed by atoms with Gasteiger partial charge in [0.25, 0.3) is 0 Å². The summed E-state index contributed by atoms with van der Waals surface area (Å²) >= 11 is 0. The van der Waals surface area contributed by atoms with E-state index in [1.807, 2.05) is 18.7 Å². The first-order chi connectivity index (χ1) is 14.8. The number of esters is 2. The third-order valence-corrected chi connectivity index (χ3v) is 7.65. The minimum atomic E-state index is -1.27. The zero-order valence-corrected chi connectivity index (χ0v) is 18.4. The summed E-state index contributed by atoms with van der Waals surface area (Å²) in [6.07, 6.45) is 5.28. The van der Waals surface area contributed by atoms with Crippen LogP contribution in [0.4, 0.5) is 0 Å². The Hall–Kier alpha value is -2.19. The molecule has 0 aliphatic carbocycles. The maximum Gasteiger partial charge on any atom is 0.336 e. The SMILES string of the molecule is CC[C@H]1[C@H]2[C@@H](CCCN3C([C@@H]4C[C@H](C)C(=O)O4)=CC(=O)[C@@]23OC)O[C@]12C=C(C)C(=O)O2. The van der Waals surface area contributed by atoms with E-state index < -0.39 is 17.6 Å². The van der Waals surface area contributed by atoms with Crippen molar-refractivity contribution in [3.8, 4) is 0 Å². The van der Waals surface area contributed by atoms with Crippen molar-refractivity contribution in [2.75, 3.05) is 13.7 Å². The van der Waals surface area contributed by atoms with Gasteiger partial charge >= 0.3 is 11.9 Å². The van der Waals surface area contributed by atoms with Crippen LogP contribution in [-0.2, 0) is 33.3 Å². The van der Waals surface area contributed by atoms with Gasteiger partial charge in [0.15, 0.2) is 0 Å². The fourth-order valence-corrected chi connectivity index (χ4v) is 6.31. The lowest BCUT2D eigenvalue weighted by atomic mass is 9.74. The van der Waals surface area contributed by atoms with Crippen LogP contribution in [0.5, 0.6) is 0 Å². The van der Waals surface area contributed by atoms with E-state index in [-0.39, 0.29) is 41.6 Å². The lowest BCUT2D eigenvalue weighted by molar-refractivity contribution is -0.204. The average Bonchev–Trinajstić information content (AvgIpc) is 3.36. The van der Waals surface area contributed by atoms with Crippen LogP contribution in [0.15, 0.2) is 23.4 Å². The second kappa shape index (κ2) is 6.90. The summed E-state index contributed by atoms with van der Waals surface area (Å²) in [6, 6.07) is 0. The molecule has 0 saturated carbocycles. The van der Waals surface area contributed by atoms with E-state index in [0.717, 1.165) is 12.8 Å². The molecule has 5 heterocycles. The predicted octanol–water partition coefficient (Wildman–Crippen LogP) is 2.08. The molecule has 0 radical (unpaired) electrons. The Balaban J connectivity index is 1.57. The predicted molar refractivity (Wildman–Crippen MR) is 107 cm³/mol. The molecule has 168 valence electrons. The Morgan fingerprint density at radius 1 is 1.29 bits per heavy atom. The molecule has 0 aromatic heterocycles. The Morgan fingerprint density at radius 3 is 2.65 bits per heavy atom. The van der Waals surface area contributed by atoms with Gasteiger partial charge in [0.1, 0.15) is 6.10 Å². The van der Waals surface area contributed by atoms with Gasteiger partial charge in [-0.05, 0) is 32.3 Å². The van der Waals surface area contributed by atoms with Crippen molar-refractivity contribution in [3.05, 3.63) is 23.4 Å². The minimum absolute atomic E-state index is 0.165. The molecule has 1 spiro atoms. The third kappa shape index (κ3) is 2.64. The lowest BCUT2D eigenvalue weighted by Crippen LogP contribution is -2.60. The average molecular weight is 431 g/mol. The molecule has 8 heteroatoms. The van der Waals surface area contributed by atoms with Crippen molar-refractivity contribution in [1.82, 2.24) is 4.90 Å². The van der Waals surface area contributed by atoms with Gasteiger partial charge in [0.2, 0.25) is 17.3 Å². The molecule has 3 fully saturated rings. The molecule has 0 aromatic carbocycles. The summed E-state index contributed by atoms with van der Waals surface area (Å²) in [6.45, 7) is 6.17. The Labute approximate surface area is 181 Å². The van der Waals surface area contributed by atoms with Crippen LogP contribution in [0.1, 0.15) is 46.5 Å². The number of ether oxygens (including phenoxy) is 4. The molecular weight excluding hydrogens is 402 g/mol. The van der Waals surface area contributed by atoms with E-state index in [1.54, 1.807) is 26.2 Å². The number of carbonyl (C=O) groups excluding carboxylic acids is 3. The summed E-state index contributed by atoms with van der Waals surface area (Å²) in [7, 11) is 1.55. The molecule has 0 unspecified atom stereocenters. The normalized spacial score (nSPS) is 44.1. The largest absolute Gasteiger partial charge is 0.456 e. The van der Waals surface area contributed by atoms with Crippen LogP contribution in [-0.4, -0.2) is 60.0 Å². The van der Waals surface area contributed by atoms with E-state index in [9.17, 15) is 14.4 Å². The van der Waals surface area contributed by atoms with Crippen LogP contribution in [0.3, 0.4) is 0 Å². The summed E-state index contributed by atoms with van der Waals surface area (Å²) in [5, 5.41) is 0. The summed E-state index contributed by atoms with van der Waals surface area (Å²) in [5.41, 5.74) is -0.0480. The van der Waals surface area contributed by atoms with Crippen molar-refractivity contribution in [1.29, 1.82) is 0 Å². The minimum Gasteiger partial charge on any atom is -0.456 e. The third-order valence-electron chi connectivity index (χ3n) is 7.65. The maximum absolute atomic E-state index is 13.6.